The number of amides is 1. The summed E-state index contributed by atoms with van der Waals surface area (Å²) in [6.45, 7) is 0.445. The number of thiophene rings is 1. The maximum Gasteiger partial charge on any atom is 0.251 e. The number of carbonyl (C=O) groups excluding carboxylic acids is 1. The number of halogens is 1. The van der Waals surface area contributed by atoms with Crippen LogP contribution in [-0.2, 0) is 6.42 Å². The average molecular weight is 378 g/mol. The van der Waals surface area contributed by atoms with E-state index in [4.69, 9.17) is 4.52 Å². The molecule has 3 aromatic rings. The van der Waals surface area contributed by atoms with E-state index in [9.17, 15) is 4.79 Å². The molecule has 0 saturated heterocycles. The van der Waals surface area contributed by atoms with E-state index < -0.39 is 0 Å². The first-order valence-corrected chi connectivity index (χ1v) is 8.30. The second-order valence-corrected chi connectivity index (χ2v) is 6.37. The highest BCUT2D eigenvalue weighted by Crippen LogP contribution is 2.21. The molecule has 112 valence electrons. The van der Waals surface area contributed by atoms with Crippen molar-refractivity contribution in [1.82, 2.24) is 15.5 Å². The largest absolute Gasteiger partial charge is 0.352 e. The minimum Gasteiger partial charge on any atom is -0.352 e. The molecule has 1 amide bonds. The van der Waals surface area contributed by atoms with Gasteiger partial charge >= 0.3 is 0 Å². The van der Waals surface area contributed by atoms with Gasteiger partial charge in [-0.05, 0) is 35.7 Å². The van der Waals surface area contributed by atoms with Gasteiger partial charge in [-0.2, -0.15) is 4.98 Å². The van der Waals surface area contributed by atoms with E-state index in [-0.39, 0.29) is 5.91 Å². The van der Waals surface area contributed by atoms with Crippen molar-refractivity contribution < 1.29 is 9.32 Å². The number of hydrogen-bond acceptors (Lipinski definition) is 5. The fourth-order valence-corrected chi connectivity index (χ4v) is 2.76. The zero-order valence-electron chi connectivity index (χ0n) is 11.5. The van der Waals surface area contributed by atoms with E-state index >= 15 is 0 Å². The van der Waals surface area contributed by atoms with Gasteiger partial charge in [0.15, 0.2) is 0 Å². The van der Waals surface area contributed by atoms with Crippen molar-refractivity contribution in [3.05, 3.63) is 57.7 Å². The van der Waals surface area contributed by atoms with Crippen LogP contribution in [0.3, 0.4) is 0 Å². The minimum atomic E-state index is -0.120. The highest BCUT2D eigenvalue weighted by Gasteiger charge is 2.10. The molecule has 7 heteroatoms. The van der Waals surface area contributed by atoms with Crippen molar-refractivity contribution in [3.63, 3.8) is 0 Å². The molecule has 0 radical (unpaired) electrons. The van der Waals surface area contributed by atoms with Crippen LogP contribution in [0.5, 0.6) is 0 Å². The summed E-state index contributed by atoms with van der Waals surface area (Å²) in [4.78, 5) is 17.2. The maximum atomic E-state index is 11.9. The summed E-state index contributed by atoms with van der Waals surface area (Å²) in [5, 5.41) is 8.72. The van der Waals surface area contributed by atoms with Crippen LogP contribution < -0.4 is 5.32 Å². The first-order valence-electron chi connectivity index (χ1n) is 6.62. The molecule has 3 rings (SSSR count). The minimum absolute atomic E-state index is 0.120. The quantitative estimate of drug-likeness (QED) is 0.738. The summed E-state index contributed by atoms with van der Waals surface area (Å²) in [6, 6.07) is 11.1. The van der Waals surface area contributed by atoms with Crippen molar-refractivity contribution in [2.75, 3.05) is 6.54 Å². The van der Waals surface area contributed by atoms with Crippen LogP contribution in [0.15, 0.2) is 50.8 Å². The van der Waals surface area contributed by atoms with Crippen molar-refractivity contribution in [2.45, 2.75) is 6.42 Å². The summed E-state index contributed by atoms with van der Waals surface area (Å²) in [5.41, 5.74) is 0.619. The smallest absolute Gasteiger partial charge is 0.251 e. The highest BCUT2D eigenvalue weighted by atomic mass is 79.9. The molecule has 22 heavy (non-hydrogen) atoms. The number of aromatic nitrogens is 2. The third kappa shape index (κ3) is 3.61. The number of nitrogens with zero attached hydrogens (tertiary/aromatic N) is 2. The number of hydrogen-bond donors (Lipinski definition) is 1. The van der Waals surface area contributed by atoms with E-state index in [0.29, 0.717) is 30.2 Å². The molecule has 1 aromatic carbocycles. The zero-order chi connectivity index (χ0) is 15.4. The summed E-state index contributed by atoms with van der Waals surface area (Å²) >= 11 is 4.90. The second kappa shape index (κ2) is 6.85. The van der Waals surface area contributed by atoms with Gasteiger partial charge < -0.3 is 9.84 Å². The van der Waals surface area contributed by atoms with Gasteiger partial charge in [-0.1, -0.05) is 27.2 Å². The Morgan fingerprint density at radius 2 is 2.09 bits per heavy atom. The Balaban J connectivity index is 1.53. The Hall–Kier alpha value is -1.99. The van der Waals surface area contributed by atoms with Gasteiger partial charge in [0, 0.05) is 23.0 Å². The number of carbonyl (C=O) groups is 1. The van der Waals surface area contributed by atoms with Gasteiger partial charge in [0.1, 0.15) is 0 Å². The van der Waals surface area contributed by atoms with Crippen LogP contribution in [0, 0.1) is 0 Å². The topological polar surface area (TPSA) is 68.0 Å². The first-order chi connectivity index (χ1) is 10.7. The normalized spacial score (nSPS) is 10.6. The van der Waals surface area contributed by atoms with Crippen molar-refractivity contribution in [3.8, 4) is 10.7 Å². The Kier molecular flexibility index (Phi) is 4.65. The lowest BCUT2D eigenvalue weighted by molar-refractivity contribution is 0.0953. The van der Waals surface area contributed by atoms with Crippen molar-refractivity contribution in [1.29, 1.82) is 0 Å². The van der Waals surface area contributed by atoms with Gasteiger partial charge in [0.05, 0.1) is 4.88 Å². The summed E-state index contributed by atoms with van der Waals surface area (Å²) in [5.74, 6) is 0.981. The van der Waals surface area contributed by atoms with Crippen LogP contribution in [0.4, 0.5) is 0 Å². The SMILES string of the molecule is O=C(NCCc1nc(-c2cccs2)no1)c1ccc(Br)cc1. The lowest BCUT2D eigenvalue weighted by atomic mass is 10.2. The lowest BCUT2D eigenvalue weighted by Crippen LogP contribution is -2.25. The van der Waals surface area contributed by atoms with Crippen molar-refractivity contribution >= 4 is 33.2 Å². The maximum absolute atomic E-state index is 11.9. The van der Waals surface area contributed by atoms with Gasteiger partial charge in [-0.25, -0.2) is 0 Å². The van der Waals surface area contributed by atoms with Crippen molar-refractivity contribution in [2.24, 2.45) is 0 Å². The molecule has 0 spiro atoms. The Morgan fingerprint density at radius 1 is 1.27 bits per heavy atom. The zero-order valence-corrected chi connectivity index (χ0v) is 13.9. The number of rotatable bonds is 5. The Bertz CT molecular complexity index is 753. The lowest BCUT2D eigenvalue weighted by Gasteiger charge is -2.03. The first kappa shape index (κ1) is 14.9. The molecule has 0 aliphatic rings. The molecule has 0 unspecified atom stereocenters. The van der Waals surface area contributed by atoms with E-state index in [0.717, 1.165) is 9.35 Å². The number of benzene rings is 1. The molecule has 5 nitrogen and oxygen atoms in total. The Labute approximate surface area is 139 Å². The molecule has 0 bridgehead atoms. The molecular formula is C15H12BrN3O2S. The molecular weight excluding hydrogens is 366 g/mol. The van der Waals surface area contributed by atoms with E-state index in [2.05, 4.69) is 31.4 Å². The molecule has 2 heterocycles. The predicted octanol–water partition coefficient (Wildman–Crippen LogP) is 3.53. The Morgan fingerprint density at radius 3 is 2.82 bits per heavy atom. The number of nitrogens with one attached hydrogen (secondary N) is 1. The third-order valence-electron chi connectivity index (χ3n) is 2.94. The van der Waals surface area contributed by atoms with Gasteiger partial charge in [-0.15, -0.1) is 11.3 Å². The molecule has 0 aliphatic carbocycles. The van der Waals surface area contributed by atoms with E-state index in [1.165, 1.54) is 0 Å². The van der Waals surface area contributed by atoms with Crippen LogP contribution >= 0.6 is 27.3 Å². The van der Waals surface area contributed by atoms with Gasteiger partial charge in [-0.3, -0.25) is 4.79 Å². The second-order valence-electron chi connectivity index (χ2n) is 4.50. The fourth-order valence-electron chi connectivity index (χ4n) is 1.85. The summed E-state index contributed by atoms with van der Waals surface area (Å²) in [6.07, 6.45) is 0.501. The standard InChI is InChI=1S/C15H12BrN3O2S/c16-11-5-3-10(4-6-11)15(20)17-8-7-13-18-14(19-21-13)12-2-1-9-22-12/h1-6,9H,7-8H2,(H,17,20). The molecule has 2 aromatic heterocycles. The predicted molar refractivity (Wildman–Crippen MR) is 87.8 cm³/mol. The van der Waals surface area contributed by atoms with E-state index in [1.54, 1.807) is 23.5 Å². The van der Waals surface area contributed by atoms with Gasteiger partial charge in [0.2, 0.25) is 11.7 Å². The molecule has 0 saturated carbocycles. The summed E-state index contributed by atoms with van der Waals surface area (Å²) in [7, 11) is 0. The average Bonchev–Trinajstić information content (AvgIpc) is 3.19. The summed E-state index contributed by atoms with van der Waals surface area (Å²) < 4.78 is 6.12. The molecule has 0 atom stereocenters. The van der Waals surface area contributed by atoms with Crippen LogP contribution in [0.25, 0.3) is 10.7 Å². The van der Waals surface area contributed by atoms with Gasteiger partial charge in [0.25, 0.3) is 5.91 Å². The third-order valence-corrected chi connectivity index (χ3v) is 4.33. The van der Waals surface area contributed by atoms with Crippen LogP contribution in [0.1, 0.15) is 16.2 Å². The molecule has 1 N–H and O–H groups in total. The fraction of sp³-hybridized carbons (Fsp3) is 0.133. The monoisotopic (exact) mass is 377 g/mol. The van der Waals surface area contributed by atoms with Crippen LogP contribution in [0.2, 0.25) is 0 Å². The molecule has 0 fully saturated rings. The van der Waals surface area contributed by atoms with E-state index in [1.807, 2.05) is 29.6 Å². The molecule has 0 aliphatic heterocycles. The highest BCUT2D eigenvalue weighted by molar-refractivity contribution is 9.10. The van der Waals surface area contributed by atoms with Crippen LogP contribution in [-0.4, -0.2) is 22.6 Å².